The van der Waals surface area contributed by atoms with Gasteiger partial charge < -0.3 is 9.64 Å². The van der Waals surface area contributed by atoms with Crippen LogP contribution in [0.1, 0.15) is 42.3 Å². The van der Waals surface area contributed by atoms with Gasteiger partial charge in [-0.05, 0) is 57.5 Å². The Kier molecular flexibility index (Phi) is 6.19. The number of ketones is 1. The van der Waals surface area contributed by atoms with E-state index in [-0.39, 0.29) is 11.9 Å². The van der Waals surface area contributed by atoms with Gasteiger partial charge in [0.25, 0.3) is 0 Å². The normalized spacial score (nSPS) is 16.8. The summed E-state index contributed by atoms with van der Waals surface area (Å²) in [7, 11) is 0. The maximum Gasteiger partial charge on any atom is 0.177 e. The smallest absolute Gasteiger partial charge is 0.177 e. The lowest BCUT2D eigenvalue weighted by atomic mass is 10.0. The maximum absolute atomic E-state index is 12.7. The number of benzene rings is 1. The molecular weight excluding hydrogens is 288 g/mol. The summed E-state index contributed by atoms with van der Waals surface area (Å²) in [6.07, 6.45) is 0.143. The highest BCUT2D eigenvalue weighted by molar-refractivity contribution is 5.99. The molecule has 0 bridgehead atoms. The van der Waals surface area contributed by atoms with Crippen LogP contribution in [0.25, 0.3) is 0 Å². The predicted octanol–water partition coefficient (Wildman–Crippen LogP) is 2.91. The highest BCUT2D eigenvalue weighted by Gasteiger charge is 2.20. The minimum Gasteiger partial charge on any atom is -0.491 e. The SMILES string of the molecule is CCN1CCN(CC(=O)c2cc(C)c(OC(C)C)cc2C)CC1. The molecule has 4 heteroatoms. The van der Waals surface area contributed by atoms with Crippen LogP contribution in [0.15, 0.2) is 12.1 Å². The van der Waals surface area contributed by atoms with Crippen molar-refractivity contribution in [3.05, 3.63) is 28.8 Å². The van der Waals surface area contributed by atoms with Gasteiger partial charge >= 0.3 is 0 Å². The van der Waals surface area contributed by atoms with E-state index in [1.54, 1.807) is 0 Å². The number of likely N-dealkylation sites (N-methyl/N-ethyl adjacent to an activating group) is 1. The fraction of sp³-hybridized carbons (Fsp3) is 0.632. The number of nitrogens with zero attached hydrogens (tertiary/aromatic N) is 2. The molecule has 0 radical (unpaired) electrons. The molecule has 128 valence electrons. The van der Waals surface area contributed by atoms with Crippen LogP contribution >= 0.6 is 0 Å². The summed E-state index contributed by atoms with van der Waals surface area (Å²) >= 11 is 0. The summed E-state index contributed by atoms with van der Waals surface area (Å²) in [6.45, 7) is 15.9. The number of carbonyl (C=O) groups is 1. The summed E-state index contributed by atoms with van der Waals surface area (Å²) in [4.78, 5) is 17.4. The highest BCUT2D eigenvalue weighted by atomic mass is 16.5. The van der Waals surface area contributed by atoms with Gasteiger partial charge in [0, 0.05) is 31.7 Å². The molecule has 1 fully saturated rings. The van der Waals surface area contributed by atoms with Crippen molar-refractivity contribution in [3.63, 3.8) is 0 Å². The first-order valence-corrected chi connectivity index (χ1v) is 8.66. The van der Waals surface area contributed by atoms with Gasteiger partial charge in [-0.15, -0.1) is 0 Å². The van der Waals surface area contributed by atoms with E-state index in [1.807, 2.05) is 39.8 Å². The maximum atomic E-state index is 12.7. The zero-order chi connectivity index (χ0) is 17.0. The van der Waals surface area contributed by atoms with E-state index in [9.17, 15) is 4.79 Å². The Balaban J connectivity index is 2.03. The summed E-state index contributed by atoms with van der Waals surface area (Å²) in [5.41, 5.74) is 2.86. The lowest BCUT2D eigenvalue weighted by Gasteiger charge is -2.33. The van der Waals surface area contributed by atoms with Crippen molar-refractivity contribution in [3.8, 4) is 5.75 Å². The molecule has 0 aromatic heterocycles. The highest BCUT2D eigenvalue weighted by Crippen LogP contribution is 2.24. The Bertz CT molecular complexity index is 547. The molecule has 2 rings (SSSR count). The second-order valence-electron chi connectivity index (χ2n) is 6.73. The van der Waals surface area contributed by atoms with E-state index in [4.69, 9.17) is 4.74 Å². The molecule has 1 aliphatic rings. The fourth-order valence-electron chi connectivity index (χ4n) is 3.02. The summed E-state index contributed by atoms with van der Waals surface area (Å²) in [6, 6.07) is 3.98. The second kappa shape index (κ2) is 7.93. The van der Waals surface area contributed by atoms with Gasteiger partial charge in [0.15, 0.2) is 5.78 Å². The molecule has 0 unspecified atom stereocenters. The first-order chi connectivity index (χ1) is 10.9. The molecular formula is C19H30N2O2. The fourth-order valence-corrected chi connectivity index (χ4v) is 3.02. The van der Waals surface area contributed by atoms with Gasteiger partial charge in [-0.1, -0.05) is 6.92 Å². The molecule has 1 aliphatic heterocycles. The Morgan fingerprint density at radius 1 is 1.09 bits per heavy atom. The third-order valence-corrected chi connectivity index (χ3v) is 4.46. The van der Waals surface area contributed by atoms with Crippen LogP contribution in [0, 0.1) is 13.8 Å². The van der Waals surface area contributed by atoms with Gasteiger partial charge in [0.1, 0.15) is 5.75 Å². The Labute approximate surface area is 140 Å². The molecule has 0 saturated carbocycles. The second-order valence-corrected chi connectivity index (χ2v) is 6.73. The van der Waals surface area contributed by atoms with Crippen molar-refractivity contribution < 1.29 is 9.53 Å². The summed E-state index contributed by atoms with van der Waals surface area (Å²) in [5, 5.41) is 0. The number of piperazine rings is 1. The van der Waals surface area contributed by atoms with Crippen LogP contribution in [0.3, 0.4) is 0 Å². The average molecular weight is 318 g/mol. The van der Waals surface area contributed by atoms with E-state index in [0.29, 0.717) is 6.54 Å². The van der Waals surface area contributed by atoms with E-state index in [0.717, 1.165) is 55.2 Å². The molecule has 1 saturated heterocycles. The van der Waals surface area contributed by atoms with Gasteiger partial charge in [-0.25, -0.2) is 0 Å². The predicted molar refractivity (Wildman–Crippen MR) is 94.6 cm³/mol. The average Bonchev–Trinajstić information content (AvgIpc) is 2.50. The first kappa shape index (κ1) is 18.0. The summed E-state index contributed by atoms with van der Waals surface area (Å²) < 4.78 is 5.81. The van der Waals surface area contributed by atoms with Gasteiger partial charge in [-0.2, -0.15) is 0 Å². The lowest BCUT2D eigenvalue weighted by Crippen LogP contribution is -2.47. The first-order valence-electron chi connectivity index (χ1n) is 8.66. The van der Waals surface area contributed by atoms with Crippen molar-refractivity contribution in [2.24, 2.45) is 0 Å². The number of hydrogen-bond donors (Lipinski definition) is 0. The zero-order valence-electron chi connectivity index (χ0n) is 15.2. The van der Waals surface area contributed by atoms with Crippen LogP contribution in [0.4, 0.5) is 0 Å². The number of ether oxygens (including phenoxy) is 1. The molecule has 0 aliphatic carbocycles. The monoisotopic (exact) mass is 318 g/mol. The molecule has 1 aromatic carbocycles. The molecule has 23 heavy (non-hydrogen) atoms. The molecule has 0 amide bonds. The van der Waals surface area contributed by atoms with Crippen LogP contribution in [0.5, 0.6) is 5.75 Å². The number of hydrogen-bond acceptors (Lipinski definition) is 4. The van der Waals surface area contributed by atoms with Crippen molar-refractivity contribution in [1.82, 2.24) is 9.80 Å². The molecule has 1 heterocycles. The number of carbonyl (C=O) groups excluding carboxylic acids is 1. The van der Waals surface area contributed by atoms with Gasteiger partial charge in [-0.3, -0.25) is 9.69 Å². The van der Waals surface area contributed by atoms with Crippen LogP contribution in [-0.4, -0.2) is 61.0 Å². The zero-order valence-corrected chi connectivity index (χ0v) is 15.2. The van der Waals surface area contributed by atoms with Crippen LogP contribution in [0.2, 0.25) is 0 Å². The Morgan fingerprint density at radius 2 is 1.70 bits per heavy atom. The van der Waals surface area contributed by atoms with Crippen molar-refractivity contribution >= 4 is 5.78 Å². The topological polar surface area (TPSA) is 32.8 Å². The Hall–Kier alpha value is -1.39. The van der Waals surface area contributed by atoms with E-state index in [1.165, 1.54) is 0 Å². The van der Waals surface area contributed by atoms with Crippen molar-refractivity contribution in [2.75, 3.05) is 39.3 Å². The molecule has 0 atom stereocenters. The van der Waals surface area contributed by atoms with Gasteiger partial charge in [0.05, 0.1) is 12.6 Å². The molecule has 1 aromatic rings. The Morgan fingerprint density at radius 3 is 2.26 bits per heavy atom. The van der Waals surface area contributed by atoms with E-state index < -0.39 is 0 Å². The summed E-state index contributed by atoms with van der Waals surface area (Å²) in [5.74, 6) is 1.09. The molecule has 4 nitrogen and oxygen atoms in total. The standard InChI is InChI=1S/C19H30N2O2/c1-6-20-7-9-21(10-8-20)13-18(22)17-11-16(5)19(12-15(17)4)23-14(2)3/h11-12,14H,6-10,13H2,1-5H3. The van der Waals surface area contributed by atoms with Crippen molar-refractivity contribution in [2.45, 2.75) is 40.7 Å². The van der Waals surface area contributed by atoms with E-state index >= 15 is 0 Å². The molecule has 0 N–H and O–H groups in total. The van der Waals surface area contributed by atoms with Gasteiger partial charge in [0.2, 0.25) is 0 Å². The molecule has 0 spiro atoms. The number of Topliss-reactive ketones (excluding diaryl/α,β-unsaturated/α-hetero) is 1. The quantitative estimate of drug-likeness (QED) is 0.755. The number of rotatable bonds is 6. The van der Waals surface area contributed by atoms with Crippen LogP contribution in [-0.2, 0) is 0 Å². The third kappa shape index (κ3) is 4.79. The minimum atomic E-state index is 0.143. The third-order valence-electron chi connectivity index (χ3n) is 4.46. The van der Waals surface area contributed by atoms with E-state index in [2.05, 4.69) is 16.7 Å². The van der Waals surface area contributed by atoms with Crippen LogP contribution < -0.4 is 4.74 Å². The largest absolute Gasteiger partial charge is 0.491 e. The number of aryl methyl sites for hydroxylation is 2. The van der Waals surface area contributed by atoms with Crippen molar-refractivity contribution in [1.29, 1.82) is 0 Å². The minimum absolute atomic E-state index is 0.143. The lowest BCUT2D eigenvalue weighted by molar-refractivity contribution is 0.0858.